The largest absolute Gasteiger partial charge is 0.420 e. The van der Waals surface area contributed by atoms with Crippen LogP contribution >= 0.6 is 0 Å². The SMILES string of the molecule is CN(C(=O)Cn1c(=O)oc2ccccc21)C1CCN(S(C)(=O)=O)CC1. The summed E-state index contributed by atoms with van der Waals surface area (Å²) < 4.78 is 31.0. The Morgan fingerprint density at radius 1 is 1.28 bits per heavy atom. The van der Waals surface area contributed by atoms with E-state index in [9.17, 15) is 18.0 Å². The lowest BCUT2D eigenvalue weighted by molar-refractivity contribution is -0.133. The maximum Gasteiger partial charge on any atom is 0.420 e. The molecule has 0 aliphatic carbocycles. The summed E-state index contributed by atoms with van der Waals surface area (Å²) in [7, 11) is -1.50. The van der Waals surface area contributed by atoms with E-state index in [1.54, 1.807) is 36.2 Å². The zero-order valence-electron chi connectivity index (χ0n) is 14.2. The molecule has 0 N–H and O–H groups in total. The maximum absolute atomic E-state index is 12.6. The number of hydrogen-bond acceptors (Lipinski definition) is 5. The Kier molecular flexibility index (Phi) is 4.70. The van der Waals surface area contributed by atoms with Crippen molar-refractivity contribution < 1.29 is 17.6 Å². The molecule has 1 aromatic carbocycles. The predicted molar refractivity (Wildman–Crippen MR) is 92.7 cm³/mol. The first kappa shape index (κ1) is 17.7. The van der Waals surface area contributed by atoms with Crippen molar-refractivity contribution in [1.82, 2.24) is 13.8 Å². The highest BCUT2D eigenvalue weighted by atomic mass is 32.2. The average molecular weight is 367 g/mol. The number of nitrogens with zero attached hydrogens (tertiary/aromatic N) is 3. The summed E-state index contributed by atoms with van der Waals surface area (Å²) in [5.74, 6) is -0.763. The van der Waals surface area contributed by atoms with E-state index in [2.05, 4.69) is 0 Å². The smallest absolute Gasteiger partial charge is 0.408 e. The van der Waals surface area contributed by atoms with Crippen LogP contribution in [0.25, 0.3) is 11.1 Å². The Bertz CT molecular complexity index is 938. The lowest BCUT2D eigenvalue weighted by atomic mass is 10.1. The third kappa shape index (κ3) is 3.62. The number of likely N-dealkylation sites (N-methyl/N-ethyl adjacent to an activating group) is 1. The summed E-state index contributed by atoms with van der Waals surface area (Å²) in [5.41, 5.74) is 1.03. The number of oxazole rings is 1. The van der Waals surface area contributed by atoms with Crippen LogP contribution in [0.4, 0.5) is 0 Å². The highest BCUT2D eigenvalue weighted by Crippen LogP contribution is 2.18. The van der Waals surface area contributed by atoms with Crippen LogP contribution in [0.1, 0.15) is 12.8 Å². The molecule has 1 aromatic heterocycles. The maximum atomic E-state index is 12.6. The summed E-state index contributed by atoms with van der Waals surface area (Å²) >= 11 is 0. The molecule has 1 aliphatic heterocycles. The number of carbonyl (C=O) groups is 1. The van der Waals surface area contributed by atoms with Crippen molar-refractivity contribution in [1.29, 1.82) is 0 Å². The van der Waals surface area contributed by atoms with Gasteiger partial charge in [0.1, 0.15) is 6.54 Å². The normalized spacial score (nSPS) is 17.0. The molecule has 8 nitrogen and oxygen atoms in total. The van der Waals surface area contributed by atoms with Gasteiger partial charge in [-0.2, -0.15) is 0 Å². The monoisotopic (exact) mass is 367 g/mol. The molecule has 1 saturated heterocycles. The second-order valence-electron chi connectivity index (χ2n) is 6.32. The van der Waals surface area contributed by atoms with Gasteiger partial charge >= 0.3 is 5.76 Å². The molecule has 3 rings (SSSR count). The average Bonchev–Trinajstić information content (AvgIpc) is 2.89. The minimum atomic E-state index is -3.19. The highest BCUT2D eigenvalue weighted by Gasteiger charge is 2.29. The molecule has 0 bridgehead atoms. The summed E-state index contributed by atoms with van der Waals surface area (Å²) in [5, 5.41) is 0. The van der Waals surface area contributed by atoms with E-state index in [1.165, 1.54) is 15.1 Å². The van der Waals surface area contributed by atoms with Gasteiger partial charge in [0.05, 0.1) is 11.8 Å². The third-order valence-corrected chi connectivity index (χ3v) is 6.00. The first-order chi connectivity index (χ1) is 11.8. The summed E-state index contributed by atoms with van der Waals surface area (Å²) in [4.78, 5) is 26.2. The van der Waals surface area contributed by atoms with Crippen LogP contribution in [0, 0.1) is 0 Å². The molecule has 1 amide bonds. The molecule has 0 saturated carbocycles. The van der Waals surface area contributed by atoms with Gasteiger partial charge in [0.15, 0.2) is 5.58 Å². The molecule has 25 heavy (non-hydrogen) atoms. The van der Waals surface area contributed by atoms with Crippen molar-refractivity contribution in [2.75, 3.05) is 26.4 Å². The Morgan fingerprint density at radius 2 is 1.92 bits per heavy atom. The van der Waals surface area contributed by atoms with Crippen LogP contribution in [-0.4, -0.2) is 60.5 Å². The van der Waals surface area contributed by atoms with E-state index >= 15 is 0 Å². The van der Waals surface area contributed by atoms with Gasteiger partial charge in [0, 0.05) is 26.2 Å². The van der Waals surface area contributed by atoms with Crippen LogP contribution in [-0.2, 0) is 21.4 Å². The van der Waals surface area contributed by atoms with Crippen molar-refractivity contribution in [3.63, 3.8) is 0 Å². The second kappa shape index (κ2) is 6.64. The highest BCUT2D eigenvalue weighted by molar-refractivity contribution is 7.88. The van der Waals surface area contributed by atoms with Gasteiger partial charge in [-0.1, -0.05) is 12.1 Å². The Labute approximate surface area is 145 Å². The van der Waals surface area contributed by atoms with E-state index in [1.807, 2.05) is 0 Å². The molecule has 1 fully saturated rings. The standard InChI is InChI=1S/C16H21N3O5S/c1-17(12-7-9-18(10-8-12)25(2,22)23)15(20)11-19-13-5-3-4-6-14(13)24-16(19)21/h3-6,12H,7-11H2,1-2H3. The zero-order chi connectivity index (χ0) is 18.2. The lowest BCUT2D eigenvalue weighted by Gasteiger charge is -2.35. The van der Waals surface area contributed by atoms with Gasteiger partial charge in [-0.3, -0.25) is 9.36 Å². The Balaban J connectivity index is 1.69. The number of rotatable bonds is 4. The van der Waals surface area contributed by atoms with Gasteiger partial charge in [-0.25, -0.2) is 17.5 Å². The van der Waals surface area contributed by atoms with E-state index in [0.717, 1.165) is 0 Å². The number of para-hydroxylation sites is 2. The van der Waals surface area contributed by atoms with Crippen molar-refractivity contribution in [2.24, 2.45) is 0 Å². The number of hydrogen-bond donors (Lipinski definition) is 0. The molecular formula is C16H21N3O5S. The van der Waals surface area contributed by atoms with Crippen molar-refractivity contribution in [2.45, 2.75) is 25.4 Å². The number of carbonyl (C=O) groups excluding carboxylic acids is 1. The Morgan fingerprint density at radius 3 is 2.56 bits per heavy atom. The van der Waals surface area contributed by atoms with Gasteiger partial charge in [0.2, 0.25) is 15.9 Å². The molecular weight excluding hydrogens is 346 g/mol. The first-order valence-electron chi connectivity index (χ1n) is 8.06. The van der Waals surface area contributed by atoms with Crippen LogP contribution < -0.4 is 5.76 Å². The lowest BCUT2D eigenvalue weighted by Crippen LogP contribution is -2.48. The summed E-state index contributed by atoms with van der Waals surface area (Å²) in [6.07, 6.45) is 2.35. The fraction of sp³-hybridized carbons (Fsp3) is 0.500. The van der Waals surface area contributed by atoms with Gasteiger partial charge in [0.25, 0.3) is 0 Å². The molecule has 0 atom stereocenters. The number of aromatic nitrogens is 1. The van der Waals surface area contributed by atoms with Crippen molar-refractivity contribution in [3.8, 4) is 0 Å². The minimum Gasteiger partial charge on any atom is -0.408 e. The quantitative estimate of drug-likeness (QED) is 0.783. The molecule has 9 heteroatoms. The molecule has 2 heterocycles. The van der Waals surface area contributed by atoms with Crippen LogP contribution in [0.15, 0.2) is 33.5 Å². The van der Waals surface area contributed by atoms with Crippen LogP contribution in [0.3, 0.4) is 0 Å². The summed E-state index contributed by atoms with van der Waals surface area (Å²) in [6.45, 7) is 0.698. The topological polar surface area (TPSA) is 92.8 Å². The minimum absolute atomic E-state index is 0.0423. The van der Waals surface area contributed by atoms with Gasteiger partial charge in [-0.05, 0) is 25.0 Å². The van der Waals surface area contributed by atoms with Crippen molar-refractivity contribution in [3.05, 3.63) is 34.8 Å². The van der Waals surface area contributed by atoms with E-state index < -0.39 is 15.8 Å². The number of amides is 1. The molecule has 0 spiro atoms. The zero-order valence-corrected chi connectivity index (χ0v) is 15.0. The molecule has 0 radical (unpaired) electrons. The number of piperidine rings is 1. The van der Waals surface area contributed by atoms with Crippen LogP contribution in [0.2, 0.25) is 0 Å². The third-order valence-electron chi connectivity index (χ3n) is 4.70. The number of fused-ring (bicyclic) bond motifs is 1. The van der Waals surface area contributed by atoms with E-state index in [0.29, 0.717) is 37.0 Å². The fourth-order valence-corrected chi connectivity index (χ4v) is 4.05. The second-order valence-corrected chi connectivity index (χ2v) is 8.30. The van der Waals surface area contributed by atoms with E-state index in [4.69, 9.17) is 4.42 Å². The molecule has 136 valence electrons. The van der Waals surface area contributed by atoms with Gasteiger partial charge in [-0.15, -0.1) is 0 Å². The van der Waals surface area contributed by atoms with Gasteiger partial charge < -0.3 is 9.32 Å². The summed E-state index contributed by atoms with van der Waals surface area (Å²) in [6, 6.07) is 6.92. The Hall–Kier alpha value is -2.13. The number of benzene rings is 1. The fourth-order valence-electron chi connectivity index (χ4n) is 3.18. The van der Waals surface area contributed by atoms with E-state index in [-0.39, 0.29) is 18.5 Å². The molecule has 2 aromatic rings. The molecule has 0 unspecified atom stereocenters. The van der Waals surface area contributed by atoms with Crippen molar-refractivity contribution >= 4 is 27.0 Å². The first-order valence-corrected chi connectivity index (χ1v) is 9.91. The number of sulfonamides is 1. The molecule has 1 aliphatic rings. The predicted octanol–water partition coefficient (Wildman–Crippen LogP) is 0.477. The van der Waals surface area contributed by atoms with Crippen LogP contribution in [0.5, 0.6) is 0 Å².